The van der Waals surface area contributed by atoms with E-state index in [0.29, 0.717) is 18.6 Å². The first kappa shape index (κ1) is 17.9. The summed E-state index contributed by atoms with van der Waals surface area (Å²) in [7, 11) is 0. The lowest BCUT2D eigenvalue weighted by atomic mass is 9.92. The van der Waals surface area contributed by atoms with Crippen molar-refractivity contribution in [3.8, 4) is 16.9 Å². The van der Waals surface area contributed by atoms with Gasteiger partial charge in [-0.1, -0.05) is 12.1 Å². The zero-order chi connectivity index (χ0) is 19.8. The molecule has 1 aliphatic carbocycles. The van der Waals surface area contributed by atoms with Crippen LogP contribution in [0, 0.1) is 5.92 Å². The van der Waals surface area contributed by atoms with E-state index in [2.05, 4.69) is 34.5 Å². The molecule has 2 aromatic heterocycles. The van der Waals surface area contributed by atoms with E-state index in [1.54, 1.807) is 12.3 Å². The molecular weight excluding hydrogens is 366 g/mol. The minimum atomic E-state index is -0.905. The van der Waals surface area contributed by atoms with Gasteiger partial charge >= 0.3 is 5.97 Å². The topological polar surface area (TPSA) is 77.2 Å². The Kier molecular flexibility index (Phi) is 4.54. The van der Waals surface area contributed by atoms with E-state index in [9.17, 15) is 9.90 Å². The number of aryl methyl sites for hydroxylation is 1. The zero-order valence-electron chi connectivity index (χ0n) is 16.1. The fourth-order valence-corrected chi connectivity index (χ4v) is 4.04. The predicted octanol–water partition coefficient (Wildman–Crippen LogP) is 4.16. The Morgan fingerprint density at radius 2 is 2.10 bits per heavy atom. The van der Waals surface area contributed by atoms with E-state index in [0.717, 1.165) is 41.3 Å². The maximum absolute atomic E-state index is 11.4. The molecule has 0 spiro atoms. The van der Waals surface area contributed by atoms with Gasteiger partial charge in [0.25, 0.3) is 0 Å². The number of benzene rings is 1. The van der Waals surface area contributed by atoms with Crippen LogP contribution in [0.2, 0.25) is 0 Å². The van der Waals surface area contributed by atoms with Crippen LogP contribution in [0.4, 0.5) is 0 Å². The number of nitrogens with zero attached hydrogens (tertiary/aromatic N) is 3. The largest absolute Gasteiger partial charge is 0.493 e. The van der Waals surface area contributed by atoms with E-state index in [1.807, 2.05) is 10.9 Å². The molecule has 5 rings (SSSR count). The third kappa shape index (κ3) is 3.75. The SMILES string of the molecule is O=C(O)c1ccncc1CC[C@H]1COc2cc(-c3cnn(CC4CC4)c3)ccc21. The molecule has 1 saturated carbocycles. The highest BCUT2D eigenvalue weighted by Gasteiger charge is 2.26. The number of hydrogen-bond donors (Lipinski definition) is 1. The fraction of sp³-hybridized carbons (Fsp3) is 0.348. The van der Waals surface area contributed by atoms with Crippen molar-refractivity contribution < 1.29 is 14.6 Å². The Morgan fingerprint density at radius 1 is 1.21 bits per heavy atom. The summed E-state index contributed by atoms with van der Waals surface area (Å²) >= 11 is 0. The van der Waals surface area contributed by atoms with E-state index in [1.165, 1.54) is 24.6 Å². The average Bonchev–Trinajstić information content (AvgIpc) is 3.26. The molecule has 1 aromatic carbocycles. The van der Waals surface area contributed by atoms with Crippen LogP contribution < -0.4 is 4.74 Å². The summed E-state index contributed by atoms with van der Waals surface area (Å²) in [6.07, 6.45) is 11.3. The van der Waals surface area contributed by atoms with Gasteiger partial charge in [-0.3, -0.25) is 9.67 Å². The van der Waals surface area contributed by atoms with Crippen molar-refractivity contribution in [1.82, 2.24) is 14.8 Å². The first-order valence-corrected chi connectivity index (χ1v) is 10.1. The quantitative estimate of drug-likeness (QED) is 0.656. The number of aromatic nitrogens is 3. The van der Waals surface area contributed by atoms with Gasteiger partial charge in [0.15, 0.2) is 0 Å². The van der Waals surface area contributed by atoms with Crippen molar-refractivity contribution in [2.75, 3.05) is 6.61 Å². The number of carboxylic acid groups (broad SMARTS) is 1. The van der Waals surface area contributed by atoms with E-state index >= 15 is 0 Å². The smallest absolute Gasteiger partial charge is 0.336 e. The number of rotatable bonds is 7. The minimum absolute atomic E-state index is 0.262. The third-order valence-electron chi connectivity index (χ3n) is 5.90. The Hall–Kier alpha value is -3.15. The molecule has 0 saturated heterocycles. The summed E-state index contributed by atoms with van der Waals surface area (Å²) in [4.78, 5) is 15.5. The predicted molar refractivity (Wildman–Crippen MR) is 108 cm³/mol. The molecule has 1 N–H and O–H groups in total. The summed E-state index contributed by atoms with van der Waals surface area (Å²) in [6, 6.07) is 7.93. The molecule has 0 bridgehead atoms. The Balaban J connectivity index is 1.29. The molecule has 148 valence electrons. The highest BCUT2D eigenvalue weighted by Crippen LogP contribution is 2.39. The number of fused-ring (bicyclic) bond motifs is 1. The number of hydrogen-bond acceptors (Lipinski definition) is 4. The molecular formula is C23H23N3O3. The third-order valence-corrected chi connectivity index (χ3v) is 5.90. The lowest BCUT2D eigenvalue weighted by Gasteiger charge is -2.10. The van der Waals surface area contributed by atoms with Gasteiger partial charge < -0.3 is 9.84 Å². The number of aromatic carboxylic acids is 1. The normalized spacial score (nSPS) is 17.7. The van der Waals surface area contributed by atoms with Crippen molar-refractivity contribution in [3.05, 3.63) is 65.7 Å². The number of pyridine rings is 1. The van der Waals surface area contributed by atoms with E-state index in [4.69, 9.17) is 4.74 Å². The second-order valence-corrected chi connectivity index (χ2v) is 8.03. The minimum Gasteiger partial charge on any atom is -0.493 e. The van der Waals surface area contributed by atoms with Crippen LogP contribution in [0.15, 0.2) is 49.1 Å². The van der Waals surface area contributed by atoms with Crippen LogP contribution >= 0.6 is 0 Å². The highest BCUT2D eigenvalue weighted by molar-refractivity contribution is 5.89. The first-order chi connectivity index (χ1) is 14.2. The van der Waals surface area contributed by atoms with Gasteiger partial charge in [0.1, 0.15) is 5.75 Å². The van der Waals surface area contributed by atoms with Gasteiger partial charge in [0.05, 0.1) is 18.4 Å². The van der Waals surface area contributed by atoms with E-state index < -0.39 is 5.97 Å². The average molecular weight is 389 g/mol. The van der Waals surface area contributed by atoms with Gasteiger partial charge in [0, 0.05) is 42.2 Å². The Bertz CT molecular complexity index is 1060. The van der Waals surface area contributed by atoms with Crippen LogP contribution in [0.1, 0.15) is 46.7 Å². The summed E-state index contributed by atoms with van der Waals surface area (Å²) < 4.78 is 8.00. The Labute approximate surface area is 169 Å². The molecule has 2 aliphatic rings. The van der Waals surface area contributed by atoms with Crippen LogP contribution in [-0.2, 0) is 13.0 Å². The molecule has 0 unspecified atom stereocenters. The second kappa shape index (κ2) is 7.35. The lowest BCUT2D eigenvalue weighted by Crippen LogP contribution is -2.07. The van der Waals surface area contributed by atoms with Crippen LogP contribution in [0.25, 0.3) is 11.1 Å². The number of ether oxygens (including phenoxy) is 1. The van der Waals surface area contributed by atoms with Crippen molar-refractivity contribution in [2.45, 2.75) is 38.1 Å². The van der Waals surface area contributed by atoms with Gasteiger partial charge in [-0.2, -0.15) is 5.10 Å². The molecule has 0 radical (unpaired) electrons. The van der Waals surface area contributed by atoms with Gasteiger partial charge in [0.2, 0.25) is 0 Å². The van der Waals surface area contributed by atoms with Gasteiger partial charge in [-0.15, -0.1) is 0 Å². The maximum atomic E-state index is 11.4. The molecule has 1 fully saturated rings. The van der Waals surface area contributed by atoms with Crippen molar-refractivity contribution >= 4 is 5.97 Å². The lowest BCUT2D eigenvalue weighted by molar-refractivity contribution is 0.0695. The van der Waals surface area contributed by atoms with Gasteiger partial charge in [-0.05, 0) is 54.9 Å². The van der Waals surface area contributed by atoms with Crippen LogP contribution in [0.3, 0.4) is 0 Å². The summed E-state index contributed by atoms with van der Waals surface area (Å²) in [6.45, 7) is 1.64. The first-order valence-electron chi connectivity index (χ1n) is 10.1. The monoisotopic (exact) mass is 389 g/mol. The van der Waals surface area contributed by atoms with Gasteiger partial charge in [-0.25, -0.2) is 4.79 Å². The molecule has 29 heavy (non-hydrogen) atoms. The van der Waals surface area contributed by atoms with Crippen LogP contribution in [-0.4, -0.2) is 32.4 Å². The number of carbonyl (C=O) groups is 1. The summed E-state index contributed by atoms with van der Waals surface area (Å²) in [5, 5.41) is 13.8. The standard InChI is InChI=1S/C23H23N3O3/c27-23(28)21-7-8-24-10-17(21)3-4-18-14-29-22-9-16(5-6-20(18)22)19-11-25-26(13-19)12-15-1-2-15/h5-11,13,15,18H,1-4,12,14H2,(H,27,28)/t18-/m0/s1. The van der Waals surface area contributed by atoms with Crippen molar-refractivity contribution in [2.24, 2.45) is 5.92 Å². The zero-order valence-corrected chi connectivity index (χ0v) is 16.1. The number of carboxylic acids is 1. The molecule has 1 atom stereocenters. The molecule has 1 aliphatic heterocycles. The fourth-order valence-electron chi connectivity index (χ4n) is 4.04. The van der Waals surface area contributed by atoms with E-state index in [-0.39, 0.29) is 5.92 Å². The summed E-state index contributed by atoms with van der Waals surface area (Å²) in [5.74, 6) is 1.08. The molecule has 3 heterocycles. The van der Waals surface area contributed by atoms with Crippen molar-refractivity contribution in [1.29, 1.82) is 0 Å². The molecule has 6 nitrogen and oxygen atoms in total. The Morgan fingerprint density at radius 3 is 2.93 bits per heavy atom. The maximum Gasteiger partial charge on any atom is 0.336 e. The highest BCUT2D eigenvalue weighted by atomic mass is 16.5. The molecule has 3 aromatic rings. The van der Waals surface area contributed by atoms with Crippen molar-refractivity contribution in [3.63, 3.8) is 0 Å². The van der Waals surface area contributed by atoms with Crippen LogP contribution in [0.5, 0.6) is 5.75 Å². The molecule has 0 amide bonds. The summed E-state index contributed by atoms with van der Waals surface area (Å²) in [5.41, 5.74) is 4.53. The second-order valence-electron chi connectivity index (χ2n) is 8.03. The molecule has 6 heteroatoms.